The first-order valence-corrected chi connectivity index (χ1v) is 7.87. The average molecular weight is 308 g/mol. The van der Waals surface area contributed by atoms with Crippen LogP contribution in [-0.2, 0) is 16.1 Å². The van der Waals surface area contributed by atoms with Crippen LogP contribution in [0.4, 0.5) is 0 Å². The van der Waals surface area contributed by atoms with Crippen molar-refractivity contribution in [3.8, 4) is 0 Å². The summed E-state index contributed by atoms with van der Waals surface area (Å²) < 4.78 is 11.4. The Bertz CT molecular complexity index is 649. The second kappa shape index (κ2) is 7.75. The molecular weight excluding hydrogens is 288 g/mol. The Morgan fingerprint density at radius 3 is 2.43 bits per heavy atom. The Balaban J connectivity index is 1.49. The van der Waals surface area contributed by atoms with Gasteiger partial charge in [0.05, 0.1) is 18.8 Å². The molecule has 0 unspecified atom stereocenters. The van der Waals surface area contributed by atoms with Gasteiger partial charge in [0, 0.05) is 12.3 Å². The number of carbonyl (C=O) groups excluding carboxylic acids is 1. The van der Waals surface area contributed by atoms with Crippen molar-refractivity contribution in [1.82, 2.24) is 0 Å². The normalized spacial score (nSPS) is 19.7. The highest BCUT2D eigenvalue weighted by Gasteiger charge is 2.27. The predicted molar refractivity (Wildman–Crippen MR) is 89.0 cm³/mol. The highest BCUT2D eigenvalue weighted by Crippen LogP contribution is 2.23. The van der Waals surface area contributed by atoms with Crippen molar-refractivity contribution >= 4 is 5.97 Å². The van der Waals surface area contributed by atoms with Crippen LogP contribution in [0.5, 0.6) is 0 Å². The molecule has 0 fully saturated rings. The number of carbonyl (C=O) groups is 1. The van der Waals surface area contributed by atoms with Crippen molar-refractivity contribution in [2.24, 2.45) is 5.92 Å². The molecule has 0 N–H and O–H groups in total. The van der Waals surface area contributed by atoms with E-state index in [1.54, 1.807) is 12.1 Å². The minimum absolute atomic E-state index is 0.117. The number of hydrogen-bond donors (Lipinski definition) is 0. The van der Waals surface area contributed by atoms with Crippen LogP contribution in [0, 0.1) is 5.92 Å². The molecule has 0 spiro atoms. The molecule has 0 aromatic heterocycles. The van der Waals surface area contributed by atoms with Crippen LogP contribution >= 0.6 is 0 Å². The summed E-state index contributed by atoms with van der Waals surface area (Å²) in [6.45, 7) is 1.13. The highest BCUT2D eigenvalue weighted by molar-refractivity contribution is 5.89. The second-order valence-electron chi connectivity index (χ2n) is 5.64. The van der Waals surface area contributed by atoms with Crippen LogP contribution in [0.25, 0.3) is 0 Å². The predicted octanol–water partition coefficient (Wildman–Crippen LogP) is 4.00. The molecule has 2 aromatic carbocycles. The van der Waals surface area contributed by atoms with Crippen LogP contribution in [-0.4, -0.2) is 18.7 Å². The summed E-state index contributed by atoms with van der Waals surface area (Å²) in [6, 6.07) is 19.2. The molecule has 0 saturated carbocycles. The molecule has 0 bridgehead atoms. The van der Waals surface area contributed by atoms with E-state index in [1.165, 1.54) is 0 Å². The molecule has 23 heavy (non-hydrogen) atoms. The van der Waals surface area contributed by atoms with E-state index < -0.39 is 0 Å². The number of benzene rings is 2. The van der Waals surface area contributed by atoms with Crippen LogP contribution < -0.4 is 0 Å². The lowest BCUT2D eigenvalue weighted by atomic mass is 10.1. The summed E-state index contributed by atoms with van der Waals surface area (Å²) in [4.78, 5) is 12.2. The fourth-order valence-corrected chi connectivity index (χ4v) is 2.65. The van der Waals surface area contributed by atoms with Crippen molar-refractivity contribution in [3.63, 3.8) is 0 Å². The van der Waals surface area contributed by atoms with Gasteiger partial charge < -0.3 is 9.47 Å². The molecule has 2 atom stereocenters. The van der Waals surface area contributed by atoms with E-state index in [2.05, 4.69) is 12.2 Å². The molecule has 3 nitrogen and oxygen atoms in total. The number of rotatable bonds is 6. The largest absolute Gasteiger partial charge is 0.458 e. The topological polar surface area (TPSA) is 35.5 Å². The van der Waals surface area contributed by atoms with E-state index in [9.17, 15) is 4.79 Å². The van der Waals surface area contributed by atoms with E-state index in [-0.39, 0.29) is 18.0 Å². The smallest absolute Gasteiger partial charge is 0.338 e. The van der Waals surface area contributed by atoms with Crippen molar-refractivity contribution in [3.05, 3.63) is 83.9 Å². The fraction of sp³-hybridized carbons (Fsp3) is 0.250. The van der Waals surface area contributed by atoms with Crippen molar-refractivity contribution in [2.45, 2.75) is 19.1 Å². The highest BCUT2D eigenvalue weighted by atomic mass is 16.5. The lowest BCUT2D eigenvalue weighted by Crippen LogP contribution is -2.26. The summed E-state index contributed by atoms with van der Waals surface area (Å²) in [5.41, 5.74) is 1.73. The fourth-order valence-electron chi connectivity index (χ4n) is 2.65. The average Bonchev–Trinajstić information content (AvgIpc) is 3.04. The zero-order valence-corrected chi connectivity index (χ0v) is 12.9. The standard InChI is InChI=1S/C20H20O3/c21-20(17-10-5-2-6-11-17)23-19-13-7-12-18(19)15-22-14-16-8-3-1-4-9-16/h1-12,18-19H,13-15H2/t18-,19-/m1/s1. The van der Waals surface area contributed by atoms with Crippen molar-refractivity contribution in [1.29, 1.82) is 0 Å². The Hall–Kier alpha value is -2.39. The zero-order chi connectivity index (χ0) is 15.9. The Morgan fingerprint density at radius 1 is 1.00 bits per heavy atom. The maximum Gasteiger partial charge on any atom is 0.338 e. The SMILES string of the molecule is O=C(O[C@@H]1CC=C[C@@H]1COCc1ccccc1)c1ccccc1. The Labute approximate surface area is 136 Å². The van der Waals surface area contributed by atoms with Crippen molar-refractivity contribution < 1.29 is 14.3 Å². The van der Waals surface area contributed by atoms with Gasteiger partial charge in [-0.2, -0.15) is 0 Å². The van der Waals surface area contributed by atoms with Gasteiger partial charge in [0.2, 0.25) is 0 Å². The lowest BCUT2D eigenvalue weighted by molar-refractivity contribution is 0.00513. The molecule has 0 heterocycles. The van der Waals surface area contributed by atoms with Gasteiger partial charge in [-0.05, 0) is 17.7 Å². The third kappa shape index (κ3) is 4.30. The molecule has 2 aromatic rings. The summed E-state index contributed by atoms with van der Waals surface area (Å²) in [6.07, 6.45) is 4.74. The van der Waals surface area contributed by atoms with E-state index >= 15 is 0 Å². The number of ether oxygens (including phenoxy) is 2. The second-order valence-corrected chi connectivity index (χ2v) is 5.64. The summed E-state index contributed by atoms with van der Waals surface area (Å²) in [5.74, 6) is -0.154. The van der Waals surface area contributed by atoms with Gasteiger partial charge in [-0.25, -0.2) is 4.79 Å². The first kappa shape index (κ1) is 15.5. The van der Waals surface area contributed by atoms with Crippen LogP contribution in [0.1, 0.15) is 22.3 Å². The van der Waals surface area contributed by atoms with Crippen LogP contribution in [0.3, 0.4) is 0 Å². The first-order valence-electron chi connectivity index (χ1n) is 7.87. The van der Waals surface area contributed by atoms with Gasteiger partial charge in [0.25, 0.3) is 0 Å². The van der Waals surface area contributed by atoms with E-state index in [1.807, 2.05) is 48.5 Å². The monoisotopic (exact) mass is 308 g/mol. The minimum Gasteiger partial charge on any atom is -0.458 e. The van der Waals surface area contributed by atoms with Gasteiger partial charge in [0.15, 0.2) is 0 Å². The van der Waals surface area contributed by atoms with E-state index in [0.29, 0.717) is 18.8 Å². The summed E-state index contributed by atoms with van der Waals surface area (Å²) in [7, 11) is 0. The third-order valence-corrected chi connectivity index (χ3v) is 3.92. The third-order valence-electron chi connectivity index (χ3n) is 3.92. The van der Waals surface area contributed by atoms with Crippen LogP contribution in [0.2, 0.25) is 0 Å². The first-order chi connectivity index (χ1) is 11.3. The van der Waals surface area contributed by atoms with E-state index in [0.717, 1.165) is 12.0 Å². The zero-order valence-electron chi connectivity index (χ0n) is 12.9. The van der Waals surface area contributed by atoms with Gasteiger partial charge in [-0.3, -0.25) is 0 Å². The summed E-state index contributed by atoms with van der Waals surface area (Å²) >= 11 is 0. The molecular formula is C20H20O3. The van der Waals surface area contributed by atoms with Gasteiger partial charge in [0.1, 0.15) is 6.10 Å². The number of hydrogen-bond acceptors (Lipinski definition) is 3. The molecule has 0 radical (unpaired) electrons. The molecule has 3 rings (SSSR count). The molecule has 0 saturated heterocycles. The molecule has 0 amide bonds. The lowest BCUT2D eigenvalue weighted by Gasteiger charge is -2.20. The Morgan fingerprint density at radius 2 is 1.70 bits per heavy atom. The number of esters is 1. The molecule has 118 valence electrons. The minimum atomic E-state index is -0.271. The van der Waals surface area contributed by atoms with Gasteiger partial charge in [-0.15, -0.1) is 0 Å². The van der Waals surface area contributed by atoms with Crippen molar-refractivity contribution in [2.75, 3.05) is 6.61 Å². The molecule has 1 aliphatic rings. The van der Waals surface area contributed by atoms with Crippen LogP contribution in [0.15, 0.2) is 72.8 Å². The maximum absolute atomic E-state index is 12.2. The van der Waals surface area contributed by atoms with Gasteiger partial charge in [-0.1, -0.05) is 60.7 Å². The molecule has 3 heteroatoms. The molecule has 1 aliphatic carbocycles. The molecule has 0 aliphatic heterocycles. The Kier molecular flexibility index (Phi) is 5.22. The van der Waals surface area contributed by atoms with E-state index in [4.69, 9.17) is 9.47 Å². The summed E-state index contributed by atoms with van der Waals surface area (Å²) in [5, 5.41) is 0. The quantitative estimate of drug-likeness (QED) is 0.597. The van der Waals surface area contributed by atoms with Gasteiger partial charge >= 0.3 is 5.97 Å². The maximum atomic E-state index is 12.2.